The predicted octanol–water partition coefficient (Wildman–Crippen LogP) is 3.69. The van der Waals surface area contributed by atoms with Gasteiger partial charge in [-0.05, 0) is 31.2 Å². The van der Waals surface area contributed by atoms with Gasteiger partial charge >= 0.3 is 0 Å². The van der Waals surface area contributed by atoms with Gasteiger partial charge in [0.1, 0.15) is 11.3 Å². The monoisotopic (exact) mass is 413 g/mol. The highest BCUT2D eigenvalue weighted by atomic mass is 32.2. The van der Waals surface area contributed by atoms with Crippen molar-refractivity contribution in [2.75, 3.05) is 10.7 Å². The van der Waals surface area contributed by atoms with Crippen molar-refractivity contribution in [3.63, 3.8) is 0 Å². The van der Waals surface area contributed by atoms with Crippen molar-refractivity contribution in [1.82, 2.24) is 4.98 Å². The van der Waals surface area contributed by atoms with E-state index in [1.54, 1.807) is 18.2 Å². The van der Waals surface area contributed by atoms with Gasteiger partial charge in [-0.2, -0.15) is 0 Å². The number of thiazole rings is 1. The van der Waals surface area contributed by atoms with Crippen LogP contribution in [0.4, 0.5) is 11.4 Å². The summed E-state index contributed by atoms with van der Waals surface area (Å²) in [5.41, 5.74) is 0.434. The number of fused-ring (bicyclic) bond motifs is 2. The Morgan fingerprint density at radius 1 is 1.25 bits per heavy atom. The number of nitro benzene ring substituents is 1. The number of nitro groups is 1. The van der Waals surface area contributed by atoms with E-state index in [2.05, 4.69) is 4.98 Å². The maximum Gasteiger partial charge on any atom is 0.283 e. The summed E-state index contributed by atoms with van der Waals surface area (Å²) in [5, 5.41) is 11.2. The van der Waals surface area contributed by atoms with E-state index < -0.39 is 16.7 Å². The van der Waals surface area contributed by atoms with Gasteiger partial charge in [0.2, 0.25) is 0 Å². The van der Waals surface area contributed by atoms with E-state index in [0.29, 0.717) is 21.3 Å². The number of nitrogens with zero attached hydrogens (tertiary/aromatic N) is 3. The van der Waals surface area contributed by atoms with Crippen molar-refractivity contribution < 1.29 is 19.3 Å². The molecule has 0 spiro atoms. The molecule has 0 saturated heterocycles. The summed E-state index contributed by atoms with van der Waals surface area (Å²) >= 11 is 2.67. The van der Waals surface area contributed by atoms with Crippen molar-refractivity contribution in [3.8, 4) is 0 Å². The lowest BCUT2D eigenvalue weighted by Crippen LogP contribution is -2.29. The normalized spacial score (nSPS) is 13.2. The molecule has 0 saturated carbocycles. The summed E-state index contributed by atoms with van der Waals surface area (Å²) < 4.78 is 1.45. The van der Waals surface area contributed by atoms with Crippen molar-refractivity contribution in [2.24, 2.45) is 0 Å². The molecule has 0 radical (unpaired) electrons. The van der Waals surface area contributed by atoms with Crippen LogP contribution in [0, 0.1) is 10.1 Å². The van der Waals surface area contributed by atoms with Crippen LogP contribution in [-0.4, -0.2) is 33.3 Å². The number of hydrogen-bond acceptors (Lipinski definition) is 8. The second-order valence-electron chi connectivity index (χ2n) is 6.03. The topological polar surface area (TPSA) is 110 Å². The molecular formula is C18H11N3O5S2. The highest BCUT2D eigenvalue weighted by Gasteiger charge is 2.41. The van der Waals surface area contributed by atoms with Crippen LogP contribution in [0.3, 0.4) is 0 Å². The summed E-state index contributed by atoms with van der Waals surface area (Å²) in [5.74, 6) is -0.965. The van der Waals surface area contributed by atoms with Gasteiger partial charge in [-0.3, -0.25) is 24.5 Å². The minimum Gasteiger partial charge on any atom is -0.299 e. The first-order valence-corrected chi connectivity index (χ1v) is 9.86. The fraction of sp³-hybridized carbons (Fsp3) is 0.111. The third kappa shape index (κ3) is 2.96. The lowest BCUT2D eigenvalue weighted by atomic mass is 10.1. The standard InChI is InChI=1S/C18H11N3O5S2/c1-9(22)8-27-18-19-12-6-5-10(7-14(12)28-18)20-16(23)11-3-2-4-13(21(25)26)15(11)17(20)24/h2-7H,8H2,1H3. The van der Waals surface area contributed by atoms with Gasteiger partial charge in [-0.1, -0.05) is 17.8 Å². The minimum absolute atomic E-state index is 0.0151. The Kier molecular flexibility index (Phi) is 4.44. The Morgan fingerprint density at radius 3 is 2.75 bits per heavy atom. The zero-order valence-electron chi connectivity index (χ0n) is 14.4. The number of thioether (sulfide) groups is 1. The fourth-order valence-corrected chi connectivity index (χ4v) is 4.81. The van der Waals surface area contributed by atoms with E-state index in [9.17, 15) is 24.5 Å². The summed E-state index contributed by atoms with van der Waals surface area (Å²) in [6.45, 7) is 1.50. The number of anilines is 1. The van der Waals surface area contributed by atoms with Crippen LogP contribution in [0.5, 0.6) is 0 Å². The summed E-state index contributed by atoms with van der Waals surface area (Å²) in [6.07, 6.45) is 0. The third-order valence-corrected chi connectivity index (χ3v) is 6.40. The van der Waals surface area contributed by atoms with Gasteiger partial charge < -0.3 is 0 Å². The number of carbonyl (C=O) groups is 3. The molecule has 28 heavy (non-hydrogen) atoms. The highest BCUT2D eigenvalue weighted by Crippen LogP contribution is 2.37. The molecule has 4 rings (SSSR count). The van der Waals surface area contributed by atoms with Crippen molar-refractivity contribution in [3.05, 3.63) is 57.6 Å². The molecule has 3 aromatic rings. The van der Waals surface area contributed by atoms with Crippen LogP contribution in [0.1, 0.15) is 27.6 Å². The van der Waals surface area contributed by atoms with E-state index in [-0.39, 0.29) is 22.6 Å². The van der Waals surface area contributed by atoms with Crippen LogP contribution >= 0.6 is 23.1 Å². The summed E-state index contributed by atoms with van der Waals surface area (Å²) in [6, 6.07) is 8.91. The SMILES string of the molecule is CC(=O)CSc1nc2ccc(N3C(=O)c4cccc([N+](=O)[O-])c4C3=O)cc2s1. The molecule has 2 aromatic carbocycles. The molecule has 1 aliphatic rings. The van der Waals surface area contributed by atoms with Crippen molar-refractivity contribution >= 4 is 62.3 Å². The molecule has 1 aliphatic heterocycles. The van der Waals surface area contributed by atoms with Gasteiger partial charge in [0.15, 0.2) is 4.34 Å². The quantitative estimate of drug-likeness (QED) is 0.271. The van der Waals surface area contributed by atoms with Crippen LogP contribution in [-0.2, 0) is 4.79 Å². The molecule has 0 aliphatic carbocycles. The van der Waals surface area contributed by atoms with Crippen LogP contribution in [0.25, 0.3) is 10.2 Å². The Morgan fingerprint density at radius 2 is 2.04 bits per heavy atom. The molecule has 0 atom stereocenters. The van der Waals surface area contributed by atoms with Crippen molar-refractivity contribution in [1.29, 1.82) is 0 Å². The van der Waals surface area contributed by atoms with Gasteiger partial charge in [0, 0.05) is 6.07 Å². The Bertz CT molecular complexity index is 1190. The van der Waals surface area contributed by atoms with E-state index in [1.165, 1.54) is 48.2 Å². The first-order chi connectivity index (χ1) is 13.4. The minimum atomic E-state index is -0.720. The highest BCUT2D eigenvalue weighted by molar-refractivity contribution is 8.01. The largest absolute Gasteiger partial charge is 0.299 e. The molecule has 2 amide bonds. The predicted molar refractivity (Wildman–Crippen MR) is 105 cm³/mol. The maximum atomic E-state index is 12.8. The molecule has 8 nitrogen and oxygen atoms in total. The smallest absolute Gasteiger partial charge is 0.283 e. The molecule has 0 bridgehead atoms. The maximum absolute atomic E-state index is 12.8. The molecule has 1 aromatic heterocycles. The fourth-order valence-electron chi connectivity index (χ4n) is 2.91. The number of carbonyl (C=O) groups excluding carboxylic acids is 3. The number of imide groups is 1. The van der Waals surface area contributed by atoms with Gasteiger partial charge in [0.05, 0.1) is 32.1 Å². The van der Waals surface area contributed by atoms with Crippen LogP contribution in [0.15, 0.2) is 40.7 Å². The first-order valence-electron chi connectivity index (χ1n) is 8.06. The Labute approximate surface area is 166 Å². The number of aromatic nitrogens is 1. The van der Waals surface area contributed by atoms with E-state index >= 15 is 0 Å². The van der Waals surface area contributed by atoms with Crippen molar-refractivity contribution in [2.45, 2.75) is 11.3 Å². The van der Waals surface area contributed by atoms with Gasteiger partial charge in [-0.15, -0.1) is 11.3 Å². The summed E-state index contributed by atoms with van der Waals surface area (Å²) in [7, 11) is 0. The average Bonchev–Trinajstić information content (AvgIpc) is 3.18. The number of amides is 2. The Hall–Kier alpha value is -3.11. The van der Waals surface area contributed by atoms with Crippen LogP contribution < -0.4 is 4.90 Å². The van der Waals surface area contributed by atoms with E-state index in [4.69, 9.17) is 0 Å². The molecular weight excluding hydrogens is 402 g/mol. The molecule has 0 unspecified atom stereocenters. The molecule has 140 valence electrons. The lowest BCUT2D eigenvalue weighted by molar-refractivity contribution is -0.385. The summed E-state index contributed by atoms with van der Waals surface area (Å²) in [4.78, 5) is 52.6. The molecule has 2 heterocycles. The van der Waals surface area contributed by atoms with E-state index in [0.717, 1.165) is 9.60 Å². The van der Waals surface area contributed by atoms with Crippen LogP contribution in [0.2, 0.25) is 0 Å². The molecule has 0 N–H and O–H groups in total. The number of Topliss-reactive ketones (excluding diaryl/α,β-unsaturated/α-hetero) is 1. The first kappa shape index (κ1) is 18.3. The zero-order valence-corrected chi connectivity index (χ0v) is 16.0. The number of rotatable bonds is 5. The molecule has 0 fully saturated rings. The second kappa shape index (κ2) is 6.80. The van der Waals surface area contributed by atoms with E-state index in [1.807, 2.05) is 0 Å². The number of benzene rings is 2. The van der Waals surface area contributed by atoms with Gasteiger partial charge in [0.25, 0.3) is 17.5 Å². The molecule has 10 heteroatoms. The van der Waals surface area contributed by atoms with Gasteiger partial charge in [-0.25, -0.2) is 9.88 Å². The number of hydrogen-bond donors (Lipinski definition) is 0. The third-order valence-electron chi connectivity index (χ3n) is 4.10. The zero-order chi connectivity index (χ0) is 20.0. The Balaban J connectivity index is 1.73. The lowest BCUT2D eigenvalue weighted by Gasteiger charge is -2.13. The second-order valence-corrected chi connectivity index (χ2v) is 8.28. The number of ketones is 1. The average molecular weight is 413 g/mol.